The van der Waals surface area contributed by atoms with Gasteiger partial charge in [-0.05, 0) is 23.6 Å². The van der Waals surface area contributed by atoms with Gasteiger partial charge in [-0.15, -0.1) is 11.3 Å². The van der Waals surface area contributed by atoms with Crippen molar-refractivity contribution in [1.82, 2.24) is 0 Å². The normalized spacial score (nSPS) is 13.2. The fraction of sp³-hybridized carbons (Fsp3) is 0.0909. The molecule has 2 heterocycles. The Kier molecular flexibility index (Phi) is 3.12. The Morgan fingerprint density at radius 1 is 1.18 bits per heavy atom. The maximum atomic E-state index is 10.6. The highest BCUT2D eigenvalue weighted by atomic mass is 32.1. The summed E-state index contributed by atoms with van der Waals surface area (Å²) in [6.45, 7) is 0. The number of rotatable bonds is 4. The molecule has 0 bridgehead atoms. The number of aliphatic imine (C=N–C) groups is 2. The van der Waals surface area contributed by atoms with Crippen LogP contribution in [-0.2, 0) is 15.3 Å². The van der Waals surface area contributed by atoms with E-state index in [-0.39, 0.29) is 5.76 Å². The molecule has 2 rings (SSSR count). The van der Waals surface area contributed by atoms with Crippen LogP contribution >= 0.6 is 11.3 Å². The smallest absolute Gasteiger partial charge is 0.265 e. The van der Waals surface area contributed by atoms with Crippen LogP contribution in [0.25, 0.3) is 0 Å². The van der Waals surface area contributed by atoms with E-state index in [0.717, 1.165) is 0 Å². The summed E-state index contributed by atoms with van der Waals surface area (Å²) in [5.74, 6) is 0.270. The van der Waals surface area contributed by atoms with Gasteiger partial charge in [0.05, 0.1) is 11.1 Å². The van der Waals surface area contributed by atoms with Crippen LogP contribution in [0.3, 0.4) is 0 Å². The molecule has 0 amide bonds. The van der Waals surface area contributed by atoms with Gasteiger partial charge < -0.3 is 4.42 Å². The Labute approximate surface area is 100 Å². The van der Waals surface area contributed by atoms with E-state index >= 15 is 0 Å². The summed E-state index contributed by atoms with van der Waals surface area (Å²) in [6.07, 6.45) is 4.25. The van der Waals surface area contributed by atoms with E-state index in [1.165, 1.54) is 29.8 Å². The molecule has 0 fully saturated rings. The fourth-order valence-electron chi connectivity index (χ4n) is 1.45. The van der Waals surface area contributed by atoms with Gasteiger partial charge in [0.2, 0.25) is 12.2 Å². The molecule has 0 aliphatic heterocycles. The minimum Gasteiger partial charge on any atom is -0.464 e. The number of hydrogen-bond acceptors (Lipinski definition) is 6. The summed E-state index contributed by atoms with van der Waals surface area (Å²) >= 11 is 1.30. The largest absolute Gasteiger partial charge is 0.464 e. The Morgan fingerprint density at radius 2 is 1.94 bits per heavy atom. The molecule has 0 aromatic carbocycles. The van der Waals surface area contributed by atoms with E-state index in [1.54, 1.807) is 29.6 Å². The number of thiophene rings is 1. The molecular formula is C11H6N2O3S. The van der Waals surface area contributed by atoms with Crippen molar-refractivity contribution in [3.8, 4) is 0 Å². The summed E-state index contributed by atoms with van der Waals surface area (Å²) in [4.78, 5) is 28.9. The number of furan rings is 1. The van der Waals surface area contributed by atoms with E-state index in [2.05, 4.69) is 9.98 Å². The first-order valence-corrected chi connectivity index (χ1v) is 5.47. The molecule has 0 radical (unpaired) electrons. The van der Waals surface area contributed by atoms with Gasteiger partial charge in [0.1, 0.15) is 0 Å². The summed E-state index contributed by atoms with van der Waals surface area (Å²) < 4.78 is 5.19. The molecule has 0 N–H and O–H groups in total. The lowest BCUT2D eigenvalue weighted by Crippen LogP contribution is -2.20. The van der Waals surface area contributed by atoms with Crippen LogP contribution in [0, 0.1) is 0 Å². The SMILES string of the molecule is O=C=NC(N=C=O)(c1ccco1)c1cccs1. The van der Waals surface area contributed by atoms with Gasteiger partial charge in [-0.25, -0.2) is 9.59 Å². The molecule has 2 aromatic heterocycles. The van der Waals surface area contributed by atoms with E-state index in [9.17, 15) is 9.59 Å². The number of isocyanates is 2. The van der Waals surface area contributed by atoms with E-state index in [1.807, 2.05) is 0 Å². The van der Waals surface area contributed by atoms with Crippen LogP contribution in [0.2, 0.25) is 0 Å². The van der Waals surface area contributed by atoms with Crippen molar-refractivity contribution in [2.75, 3.05) is 0 Å². The van der Waals surface area contributed by atoms with Crippen molar-refractivity contribution in [1.29, 1.82) is 0 Å². The molecule has 0 unspecified atom stereocenters. The van der Waals surface area contributed by atoms with Gasteiger partial charge in [0, 0.05) is 0 Å². The van der Waals surface area contributed by atoms with Crippen molar-refractivity contribution in [2.24, 2.45) is 9.98 Å². The third-order valence-electron chi connectivity index (χ3n) is 2.14. The fourth-order valence-corrected chi connectivity index (χ4v) is 2.27. The highest BCUT2D eigenvalue weighted by Crippen LogP contribution is 2.37. The minimum absolute atomic E-state index is 0.270. The molecule has 0 aliphatic carbocycles. The van der Waals surface area contributed by atoms with E-state index in [0.29, 0.717) is 4.88 Å². The third kappa shape index (κ3) is 1.88. The standard InChI is InChI=1S/C11H6N2O3S/c14-7-12-11(13-8-15,9-3-1-5-16-9)10-4-2-6-17-10/h1-6H. The first-order valence-electron chi connectivity index (χ1n) is 4.59. The zero-order chi connectivity index (χ0) is 12.1. The molecular weight excluding hydrogens is 240 g/mol. The average Bonchev–Trinajstić information content (AvgIpc) is 3.02. The summed E-state index contributed by atoms with van der Waals surface area (Å²) in [6, 6.07) is 6.67. The van der Waals surface area contributed by atoms with Crippen LogP contribution in [0.1, 0.15) is 10.6 Å². The van der Waals surface area contributed by atoms with Crippen molar-refractivity contribution >= 4 is 23.5 Å². The second-order valence-electron chi connectivity index (χ2n) is 3.03. The number of hydrogen-bond donors (Lipinski definition) is 0. The average molecular weight is 246 g/mol. The van der Waals surface area contributed by atoms with E-state index in [4.69, 9.17) is 4.42 Å². The van der Waals surface area contributed by atoms with Crippen LogP contribution in [0.5, 0.6) is 0 Å². The van der Waals surface area contributed by atoms with Gasteiger partial charge in [0.25, 0.3) is 5.66 Å². The molecule has 6 heteroatoms. The highest BCUT2D eigenvalue weighted by Gasteiger charge is 2.38. The molecule has 0 atom stereocenters. The van der Waals surface area contributed by atoms with Gasteiger partial charge in [0.15, 0.2) is 5.76 Å². The lowest BCUT2D eigenvalue weighted by Gasteiger charge is -2.17. The zero-order valence-electron chi connectivity index (χ0n) is 8.49. The third-order valence-corrected chi connectivity index (χ3v) is 3.11. The summed E-state index contributed by atoms with van der Waals surface area (Å²) in [5, 5.41) is 1.79. The molecule has 17 heavy (non-hydrogen) atoms. The van der Waals surface area contributed by atoms with Gasteiger partial charge >= 0.3 is 0 Å². The Hall–Kier alpha value is -2.26. The van der Waals surface area contributed by atoms with Gasteiger partial charge in [-0.1, -0.05) is 6.07 Å². The van der Waals surface area contributed by atoms with Gasteiger partial charge in [-0.2, -0.15) is 9.98 Å². The topological polar surface area (TPSA) is 72.0 Å². The number of carbonyl (C=O) groups excluding carboxylic acids is 2. The minimum atomic E-state index is -1.50. The lowest BCUT2D eigenvalue weighted by molar-refractivity contribution is 0.405. The Morgan fingerprint density at radius 3 is 2.41 bits per heavy atom. The van der Waals surface area contributed by atoms with Gasteiger partial charge in [-0.3, -0.25) is 0 Å². The van der Waals surface area contributed by atoms with Crippen LogP contribution in [-0.4, -0.2) is 12.2 Å². The lowest BCUT2D eigenvalue weighted by atomic mass is 10.1. The van der Waals surface area contributed by atoms with E-state index < -0.39 is 5.66 Å². The monoisotopic (exact) mass is 246 g/mol. The predicted octanol–water partition coefficient (Wildman–Crippen LogP) is 2.21. The van der Waals surface area contributed by atoms with Crippen LogP contribution < -0.4 is 0 Å². The summed E-state index contributed by atoms with van der Waals surface area (Å²) in [5.41, 5.74) is -1.50. The van der Waals surface area contributed by atoms with Crippen LogP contribution in [0.15, 0.2) is 50.3 Å². The second-order valence-corrected chi connectivity index (χ2v) is 3.98. The maximum Gasteiger partial charge on any atom is 0.265 e. The Balaban J connectivity index is 2.71. The second kappa shape index (κ2) is 4.72. The molecule has 0 spiro atoms. The zero-order valence-corrected chi connectivity index (χ0v) is 9.31. The van der Waals surface area contributed by atoms with Crippen molar-refractivity contribution < 1.29 is 14.0 Å². The van der Waals surface area contributed by atoms with Crippen molar-refractivity contribution in [2.45, 2.75) is 5.66 Å². The summed E-state index contributed by atoms with van der Waals surface area (Å²) in [7, 11) is 0. The van der Waals surface area contributed by atoms with Crippen molar-refractivity contribution in [3.63, 3.8) is 0 Å². The molecule has 5 nitrogen and oxygen atoms in total. The quantitative estimate of drug-likeness (QED) is 0.613. The van der Waals surface area contributed by atoms with Crippen LogP contribution in [0.4, 0.5) is 0 Å². The highest BCUT2D eigenvalue weighted by molar-refractivity contribution is 7.10. The molecule has 0 saturated carbocycles. The first-order chi connectivity index (χ1) is 8.33. The maximum absolute atomic E-state index is 10.6. The number of nitrogens with zero attached hydrogens (tertiary/aromatic N) is 2. The van der Waals surface area contributed by atoms with Crippen molar-refractivity contribution in [3.05, 3.63) is 46.5 Å². The molecule has 84 valence electrons. The first kappa shape index (κ1) is 11.2. The molecule has 0 saturated heterocycles. The molecule has 2 aromatic rings. The predicted molar refractivity (Wildman–Crippen MR) is 60.1 cm³/mol. The molecule has 0 aliphatic rings. The Bertz CT molecular complexity index is 522.